The maximum absolute atomic E-state index is 13.8. The van der Waals surface area contributed by atoms with E-state index >= 15 is 0 Å². The molecule has 0 aliphatic carbocycles. The first-order valence-corrected chi connectivity index (χ1v) is 6.88. The van der Waals surface area contributed by atoms with E-state index in [0.29, 0.717) is 11.3 Å². The number of esters is 1. The Labute approximate surface area is 110 Å². The Bertz CT molecular complexity index is 441. The Hall–Kier alpha value is -1.07. The second kappa shape index (κ2) is 5.71. The third-order valence-electron chi connectivity index (χ3n) is 3.10. The van der Waals surface area contributed by atoms with Gasteiger partial charge in [-0.05, 0) is 6.07 Å². The lowest BCUT2D eigenvalue weighted by molar-refractivity contribution is -0.142. The summed E-state index contributed by atoms with van der Waals surface area (Å²) >= 11 is 1.65. The number of carbonyl (C=O) groups excluding carboxylic acids is 1. The number of rotatable bonds is 2. The number of thioether (sulfide) groups is 1. The van der Waals surface area contributed by atoms with E-state index in [1.165, 1.54) is 13.2 Å². The van der Waals surface area contributed by atoms with Crippen molar-refractivity contribution in [3.05, 3.63) is 35.6 Å². The van der Waals surface area contributed by atoms with Crippen LogP contribution in [0.3, 0.4) is 0 Å². The van der Waals surface area contributed by atoms with Gasteiger partial charge in [0.15, 0.2) is 0 Å². The zero-order valence-corrected chi connectivity index (χ0v) is 11.2. The predicted octanol–water partition coefficient (Wildman–Crippen LogP) is 2.13. The summed E-state index contributed by atoms with van der Waals surface area (Å²) in [6, 6.07) is 6.12. The summed E-state index contributed by atoms with van der Waals surface area (Å²) in [5.41, 5.74) is 0.603. The Balaban J connectivity index is 2.20. The summed E-state index contributed by atoms with van der Waals surface area (Å²) in [5.74, 6) is 0.113. The Morgan fingerprint density at radius 1 is 1.50 bits per heavy atom. The molecule has 0 saturated carbocycles. The molecule has 1 aromatic rings. The van der Waals surface area contributed by atoms with Gasteiger partial charge in [-0.15, -0.1) is 0 Å². The molecular weight excluding hydrogens is 253 g/mol. The van der Waals surface area contributed by atoms with Crippen molar-refractivity contribution in [3.63, 3.8) is 0 Å². The summed E-state index contributed by atoms with van der Waals surface area (Å²) in [6.07, 6.45) is 0. The van der Waals surface area contributed by atoms with E-state index in [9.17, 15) is 9.18 Å². The fraction of sp³-hybridized carbons (Fsp3) is 0.462. The van der Waals surface area contributed by atoms with E-state index in [1.807, 2.05) is 6.92 Å². The highest BCUT2D eigenvalue weighted by Crippen LogP contribution is 2.32. The summed E-state index contributed by atoms with van der Waals surface area (Å²) < 4.78 is 18.5. The van der Waals surface area contributed by atoms with Gasteiger partial charge < -0.3 is 4.74 Å². The Kier molecular flexibility index (Phi) is 4.24. The monoisotopic (exact) mass is 269 g/mol. The first-order valence-electron chi connectivity index (χ1n) is 5.83. The highest BCUT2D eigenvalue weighted by Gasteiger charge is 2.33. The molecule has 0 aromatic heterocycles. The molecule has 0 radical (unpaired) electrons. The molecule has 1 aliphatic rings. The van der Waals surface area contributed by atoms with Gasteiger partial charge in [0.05, 0.1) is 7.11 Å². The van der Waals surface area contributed by atoms with Crippen LogP contribution in [-0.2, 0) is 9.53 Å². The Morgan fingerprint density at radius 2 is 2.22 bits per heavy atom. The average Bonchev–Trinajstić information content (AvgIpc) is 2.39. The summed E-state index contributed by atoms with van der Waals surface area (Å²) in [4.78, 5) is 11.5. The highest BCUT2D eigenvalue weighted by molar-refractivity contribution is 8.00. The van der Waals surface area contributed by atoms with Crippen LogP contribution in [0.2, 0.25) is 0 Å². The van der Waals surface area contributed by atoms with E-state index in [1.54, 1.807) is 30.0 Å². The van der Waals surface area contributed by atoms with Crippen LogP contribution in [0.15, 0.2) is 24.3 Å². The van der Waals surface area contributed by atoms with Gasteiger partial charge in [-0.3, -0.25) is 10.1 Å². The SMILES string of the molecule is COC(=O)C1CSC(C)C(c2ccccc2F)N1. The number of hydrogen-bond donors (Lipinski definition) is 1. The first kappa shape index (κ1) is 13.4. The molecule has 1 fully saturated rings. The molecule has 3 nitrogen and oxygen atoms in total. The minimum atomic E-state index is -0.374. The third kappa shape index (κ3) is 2.67. The molecule has 0 amide bonds. The molecule has 1 heterocycles. The van der Waals surface area contributed by atoms with Gasteiger partial charge in [0.2, 0.25) is 0 Å². The standard InChI is InChI=1S/C13H16FNO2S/c1-8-12(9-5-3-4-6-10(9)14)15-11(7-18-8)13(16)17-2/h3-6,8,11-12,15H,7H2,1-2H3. The van der Waals surface area contributed by atoms with Crippen molar-refractivity contribution in [2.45, 2.75) is 24.3 Å². The van der Waals surface area contributed by atoms with Crippen molar-refractivity contribution < 1.29 is 13.9 Å². The van der Waals surface area contributed by atoms with Crippen molar-refractivity contribution in [3.8, 4) is 0 Å². The molecule has 0 bridgehead atoms. The van der Waals surface area contributed by atoms with Gasteiger partial charge >= 0.3 is 5.97 Å². The van der Waals surface area contributed by atoms with E-state index in [0.717, 1.165) is 0 Å². The quantitative estimate of drug-likeness (QED) is 0.835. The van der Waals surface area contributed by atoms with Gasteiger partial charge in [-0.25, -0.2) is 4.39 Å². The molecule has 1 aromatic carbocycles. The molecule has 0 spiro atoms. The third-order valence-corrected chi connectivity index (χ3v) is 4.43. The second-order valence-electron chi connectivity index (χ2n) is 4.28. The minimum absolute atomic E-state index is 0.172. The molecule has 1 saturated heterocycles. The van der Waals surface area contributed by atoms with E-state index in [-0.39, 0.29) is 29.1 Å². The molecule has 1 N–H and O–H groups in total. The number of hydrogen-bond acceptors (Lipinski definition) is 4. The molecule has 98 valence electrons. The van der Waals surface area contributed by atoms with Crippen LogP contribution in [0.4, 0.5) is 4.39 Å². The molecule has 2 rings (SSSR count). The van der Waals surface area contributed by atoms with Crippen molar-refractivity contribution in [2.24, 2.45) is 0 Å². The lowest BCUT2D eigenvalue weighted by Crippen LogP contribution is -2.48. The average molecular weight is 269 g/mol. The fourth-order valence-electron chi connectivity index (χ4n) is 2.09. The summed E-state index contributed by atoms with van der Waals surface area (Å²) in [5, 5.41) is 3.39. The van der Waals surface area contributed by atoms with Gasteiger partial charge in [0, 0.05) is 22.6 Å². The number of halogens is 1. The van der Waals surface area contributed by atoms with Crippen LogP contribution in [0.1, 0.15) is 18.5 Å². The normalized spacial score (nSPS) is 27.8. The zero-order valence-electron chi connectivity index (χ0n) is 10.4. The number of ether oxygens (including phenoxy) is 1. The van der Waals surface area contributed by atoms with E-state index in [2.05, 4.69) is 5.32 Å². The fourth-order valence-corrected chi connectivity index (χ4v) is 3.24. The van der Waals surface area contributed by atoms with Crippen molar-refractivity contribution in [1.82, 2.24) is 5.32 Å². The zero-order chi connectivity index (χ0) is 13.1. The molecule has 3 unspecified atom stereocenters. The van der Waals surface area contributed by atoms with Crippen LogP contribution in [-0.4, -0.2) is 30.1 Å². The van der Waals surface area contributed by atoms with Crippen LogP contribution < -0.4 is 5.32 Å². The maximum Gasteiger partial charge on any atom is 0.323 e. The van der Waals surface area contributed by atoms with Crippen molar-refractivity contribution in [2.75, 3.05) is 12.9 Å². The van der Waals surface area contributed by atoms with E-state index in [4.69, 9.17) is 4.74 Å². The van der Waals surface area contributed by atoms with Crippen molar-refractivity contribution >= 4 is 17.7 Å². The molecule has 3 atom stereocenters. The van der Waals surface area contributed by atoms with Crippen molar-refractivity contribution in [1.29, 1.82) is 0 Å². The van der Waals surface area contributed by atoms with Gasteiger partial charge in [-0.1, -0.05) is 25.1 Å². The second-order valence-corrected chi connectivity index (χ2v) is 5.69. The van der Waals surface area contributed by atoms with Crippen LogP contribution in [0, 0.1) is 5.82 Å². The smallest absolute Gasteiger partial charge is 0.323 e. The summed E-state index contributed by atoms with van der Waals surface area (Å²) in [7, 11) is 1.37. The molecule has 18 heavy (non-hydrogen) atoms. The maximum atomic E-state index is 13.8. The van der Waals surface area contributed by atoms with Crippen LogP contribution >= 0.6 is 11.8 Å². The predicted molar refractivity (Wildman–Crippen MR) is 70.0 cm³/mol. The topological polar surface area (TPSA) is 38.3 Å². The van der Waals surface area contributed by atoms with Gasteiger partial charge in [-0.2, -0.15) is 11.8 Å². The number of carbonyl (C=O) groups is 1. The molecular formula is C13H16FNO2S. The lowest BCUT2D eigenvalue weighted by Gasteiger charge is -2.34. The van der Waals surface area contributed by atoms with Crippen LogP contribution in [0.5, 0.6) is 0 Å². The van der Waals surface area contributed by atoms with Gasteiger partial charge in [0.1, 0.15) is 11.9 Å². The first-order chi connectivity index (χ1) is 8.63. The number of nitrogens with one attached hydrogen (secondary N) is 1. The van der Waals surface area contributed by atoms with Crippen LogP contribution in [0.25, 0.3) is 0 Å². The van der Waals surface area contributed by atoms with Gasteiger partial charge in [0.25, 0.3) is 0 Å². The number of benzene rings is 1. The Morgan fingerprint density at radius 3 is 2.89 bits per heavy atom. The largest absolute Gasteiger partial charge is 0.468 e. The number of methoxy groups -OCH3 is 1. The highest BCUT2D eigenvalue weighted by atomic mass is 32.2. The molecule has 5 heteroatoms. The summed E-state index contributed by atoms with van der Waals surface area (Å²) in [6.45, 7) is 2.03. The van der Waals surface area contributed by atoms with E-state index < -0.39 is 0 Å². The molecule has 1 aliphatic heterocycles. The lowest BCUT2D eigenvalue weighted by atomic mass is 10.0. The minimum Gasteiger partial charge on any atom is -0.468 e.